The van der Waals surface area contributed by atoms with Crippen LogP contribution < -0.4 is 4.72 Å². The van der Waals surface area contributed by atoms with Crippen molar-refractivity contribution in [1.29, 1.82) is 0 Å². The molecule has 0 saturated heterocycles. The Hall–Kier alpha value is -1.25. The van der Waals surface area contributed by atoms with Gasteiger partial charge in [0.1, 0.15) is 4.21 Å². The molecule has 0 saturated carbocycles. The summed E-state index contributed by atoms with van der Waals surface area (Å²) in [6.45, 7) is 0. The molecule has 0 spiro atoms. The molecule has 1 aromatic carbocycles. The average molecular weight is 342 g/mol. The van der Waals surface area contributed by atoms with Gasteiger partial charge < -0.3 is 0 Å². The highest BCUT2D eigenvalue weighted by Crippen LogP contribution is 2.37. The van der Waals surface area contributed by atoms with E-state index in [1.54, 1.807) is 0 Å². The topological polar surface area (TPSA) is 46.2 Å². The second-order valence-corrected chi connectivity index (χ2v) is 7.02. The molecule has 0 aliphatic heterocycles. The van der Waals surface area contributed by atoms with Crippen molar-refractivity contribution < 1.29 is 21.6 Å². The van der Waals surface area contributed by atoms with Crippen molar-refractivity contribution in [3.05, 3.63) is 46.3 Å². The van der Waals surface area contributed by atoms with Gasteiger partial charge >= 0.3 is 6.18 Å². The lowest BCUT2D eigenvalue weighted by Crippen LogP contribution is -2.16. The van der Waals surface area contributed by atoms with Crippen molar-refractivity contribution >= 4 is 38.6 Å². The standard InChI is InChI=1S/C11H7ClF3NO2S2/c12-7-3-4-9(8(6-7)11(13,14)15)16-20(17,18)10-2-1-5-19-10/h1-6,16H. The lowest BCUT2D eigenvalue weighted by Gasteiger charge is -2.14. The van der Waals surface area contributed by atoms with Crippen molar-refractivity contribution in [2.45, 2.75) is 10.4 Å². The SMILES string of the molecule is O=S(=O)(Nc1ccc(Cl)cc1C(F)(F)F)c1cccs1. The second kappa shape index (κ2) is 5.27. The normalized spacial score (nSPS) is 12.4. The van der Waals surface area contributed by atoms with Crippen LogP contribution >= 0.6 is 22.9 Å². The summed E-state index contributed by atoms with van der Waals surface area (Å²) >= 11 is 6.43. The number of rotatable bonds is 3. The molecule has 1 heterocycles. The van der Waals surface area contributed by atoms with Crippen LogP contribution in [0.1, 0.15) is 5.56 Å². The van der Waals surface area contributed by atoms with Gasteiger partial charge in [0.25, 0.3) is 10.0 Å². The minimum atomic E-state index is -4.71. The maximum absolute atomic E-state index is 12.9. The van der Waals surface area contributed by atoms with E-state index in [9.17, 15) is 21.6 Å². The highest BCUT2D eigenvalue weighted by atomic mass is 35.5. The van der Waals surface area contributed by atoms with Crippen LogP contribution in [-0.2, 0) is 16.2 Å². The third-order valence-corrected chi connectivity index (χ3v) is 5.29. The fourth-order valence-corrected chi connectivity index (χ4v) is 3.70. The first-order valence-corrected chi connectivity index (χ1v) is 7.87. The number of thiophene rings is 1. The van der Waals surface area contributed by atoms with Crippen LogP contribution in [0.5, 0.6) is 0 Å². The number of sulfonamides is 1. The van der Waals surface area contributed by atoms with Crippen LogP contribution in [0.4, 0.5) is 18.9 Å². The summed E-state index contributed by atoms with van der Waals surface area (Å²) in [7, 11) is -4.04. The van der Waals surface area contributed by atoms with E-state index in [4.69, 9.17) is 11.6 Å². The minimum Gasteiger partial charge on any atom is -0.278 e. The maximum atomic E-state index is 12.9. The molecule has 0 aliphatic rings. The number of benzene rings is 1. The molecule has 0 unspecified atom stereocenters. The molecule has 108 valence electrons. The smallest absolute Gasteiger partial charge is 0.278 e. The Bertz CT molecular complexity index is 712. The van der Waals surface area contributed by atoms with Crippen molar-refractivity contribution in [3.8, 4) is 0 Å². The van der Waals surface area contributed by atoms with Gasteiger partial charge in [0.15, 0.2) is 0 Å². The molecule has 0 bridgehead atoms. The fraction of sp³-hybridized carbons (Fsp3) is 0.0909. The van der Waals surface area contributed by atoms with Crippen molar-refractivity contribution in [2.24, 2.45) is 0 Å². The summed E-state index contributed by atoms with van der Waals surface area (Å²) in [5.41, 5.74) is -1.69. The predicted octanol–water partition coefficient (Wildman–Crippen LogP) is 4.22. The zero-order chi connectivity index (χ0) is 15.0. The number of halogens is 4. The van der Waals surface area contributed by atoms with Gasteiger partial charge in [0, 0.05) is 5.02 Å². The van der Waals surface area contributed by atoms with Gasteiger partial charge in [-0.15, -0.1) is 11.3 Å². The van der Waals surface area contributed by atoms with E-state index in [0.717, 1.165) is 17.4 Å². The van der Waals surface area contributed by atoms with Crippen LogP contribution in [0.3, 0.4) is 0 Å². The molecule has 1 aromatic heterocycles. The molecule has 3 nitrogen and oxygen atoms in total. The van der Waals surface area contributed by atoms with E-state index in [2.05, 4.69) is 0 Å². The molecule has 0 aliphatic carbocycles. The van der Waals surface area contributed by atoms with Crippen LogP contribution in [0.2, 0.25) is 5.02 Å². The number of hydrogen-bond acceptors (Lipinski definition) is 3. The van der Waals surface area contributed by atoms with Crippen molar-refractivity contribution in [1.82, 2.24) is 0 Å². The number of anilines is 1. The Morgan fingerprint density at radius 3 is 2.45 bits per heavy atom. The zero-order valence-corrected chi connectivity index (χ0v) is 12.0. The van der Waals surface area contributed by atoms with Gasteiger partial charge in [-0.3, -0.25) is 4.72 Å². The minimum absolute atomic E-state index is 0.0689. The Balaban J connectivity index is 2.45. The molecular weight excluding hydrogens is 335 g/mol. The quantitative estimate of drug-likeness (QED) is 0.908. The first-order valence-electron chi connectivity index (χ1n) is 5.13. The summed E-state index contributed by atoms with van der Waals surface area (Å²) in [6, 6.07) is 5.63. The van der Waals surface area contributed by atoms with Gasteiger partial charge in [-0.1, -0.05) is 17.7 Å². The zero-order valence-electron chi connectivity index (χ0n) is 9.61. The number of hydrogen-bond donors (Lipinski definition) is 1. The van der Waals surface area contributed by atoms with Gasteiger partial charge in [-0.05, 0) is 29.6 Å². The van der Waals surface area contributed by atoms with Gasteiger partial charge in [-0.25, -0.2) is 8.42 Å². The van der Waals surface area contributed by atoms with Crippen molar-refractivity contribution in [3.63, 3.8) is 0 Å². The predicted molar refractivity (Wildman–Crippen MR) is 71.6 cm³/mol. The van der Waals surface area contributed by atoms with E-state index in [-0.39, 0.29) is 9.23 Å². The Morgan fingerprint density at radius 2 is 1.90 bits per heavy atom. The molecule has 0 atom stereocenters. The Kier molecular flexibility index (Phi) is 3.99. The van der Waals surface area contributed by atoms with Crippen LogP contribution in [0.25, 0.3) is 0 Å². The third-order valence-electron chi connectivity index (χ3n) is 2.29. The maximum Gasteiger partial charge on any atom is 0.418 e. The summed E-state index contributed by atoms with van der Waals surface area (Å²) in [5, 5.41) is 1.39. The van der Waals surface area contributed by atoms with E-state index in [1.807, 2.05) is 4.72 Å². The van der Waals surface area contributed by atoms with Crippen LogP contribution in [0, 0.1) is 0 Å². The molecular formula is C11H7ClF3NO2S2. The molecule has 20 heavy (non-hydrogen) atoms. The first kappa shape index (κ1) is 15.1. The lowest BCUT2D eigenvalue weighted by atomic mass is 10.2. The molecule has 9 heteroatoms. The second-order valence-electron chi connectivity index (χ2n) is 3.73. The molecule has 0 fully saturated rings. The van der Waals surface area contributed by atoms with E-state index in [0.29, 0.717) is 6.07 Å². The molecule has 2 aromatic rings. The molecule has 2 rings (SSSR count). The number of alkyl halides is 3. The van der Waals surface area contributed by atoms with Crippen molar-refractivity contribution in [2.75, 3.05) is 4.72 Å². The summed E-state index contributed by atoms with van der Waals surface area (Å²) < 4.78 is 64.3. The van der Waals surface area contributed by atoms with E-state index < -0.39 is 27.5 Å². The monoisotopic (exact) mass is 341 g/mol. The van der Waals surface area contributed by atoms with Gasteiger partial charge in [0.05, 0.1) is 11.3 Å². The number of nitrogens with one attached hydrogen (secondary N) is 1. The fourth-order valence-electron chi connectivity index (χ4n) is 1.45. The first-order chi connectivity index (χ1) is 9.20. The third kappa shape index (κ3) is 3.25. The largest absolute Gasteiger partial charge is 0.418 e. The summed E-state index contributed by atoms with van der Waals surface area (Å²) in [5.74, 6) is 0. The highest BCUT2D eigenvalue weighted by Gasteiger charge is 2.35. The summed E-state index contributed by atoms with van der Waals surface area (Å²) in [4.78, 5) is 0. The van der Waals surface area contributed by atoms with E-state index in [1.165, 1.54) is 23.6 Å². The molecule has 0 radical (unpaired) electrons. The highest BCUT2D eigenvalue weighted by molar-refractivity contribution is 7.94. The lowest BCUT2D eigenvalue weighted by molar-refractivity contribution is -0.136. The Morgan fingerprint density at radius 1 is 1.20 bits per heavy atom. The Labute approximate surface area is 122 Å². The van der Waals surface area contributed by atoms with E-state index >= 15 is 0 Å². The van der Waals surface area contributed by atoms with Gasteiger partial charge in [-0.2, -0.15) is 13.2 Å². The van der Waals surface area contributed by atoms with Crippen LogP contribution in [0.15, 0.2) is 39.9 Å². The molecule has 0 amide bonds. The summed E-state index contributed by atoms with van der Waals surface area (Å²) in [6.07, 6.45) is -4.71. The molecule has 1 N–H and O–H groups in total. The van der Waals surface area contributed by atoms with Gasteiger partial charge in [0.2, 0.25) is 0 Å². The average Bonchev–Trinajstić information content (AvgIpc) is 2.84. The van der Waals surface area contributed by atoms with Crippen LogP contribution in [-0.4, -0.2) is 8.42 Å².